The second-order valence-electron chi connectivity index (χ2n) is 8.43. The molecule has 0 amide bonds. The van der Waals surface area contributed by atoms with Crippen molar-refractivity contribution in [1.29, 1.82) is 0 Å². The zero-order valence-corrected chi connectivity index (χ0v) is 19.1. The molecule has 0 radical (unpaired) electrons. The van der Waals surface area contributed by atoms with Crippen molar-refractivity contribution >= 4 is 45.3 Å². The Kier molecular flexibility index (Phi) is 5.19. The maximum absolute atomic E-state index is 13.4. The highest BCUT2D eigenvalue weighted by molar-refractivity contribution is 6.30. The number of hydrogen-bond donors (Lipinski definition) is 2. The molecule has 37 heavy (non-hydrogen) atoms. The van der Waals surface area contributed by atoms with E-state index in [-0.39, 0.29) is 45.1 Å². The predicted molar refractivity (Wildman–Crippen MR) is 135 cm³/mol. The lowest BCUT2D eigenvalue weighted by Crippen LogP contribution is -2.22. The fourth-order valence-corrected chi connectivity index (χ4v) is 4.53. The molecule has 4 aromatic carbocycles. The van der Waals surface area contributed by atoms with Crippen molar-refractivity contribution in [1.82, 2.24) is 10.3 Å². The van der Waals surface area contributed by atoms with E-state index in [1.54, 1.807) is 42.5 Å². The zero-order chi connectivity index (χ0) is 25.5. The Morgan fingerprint density at radius 3 is 2.19 bits per heavy atom. The van der Waals surface area contributed by atoms with Crippen LogP contribution in [0.3, 0.4) is 0 Å². The summed E-state index contributed by atoms with van der Waals surface area (Å²) in [6.07, 6.45) is 0. The summed E-state index contributed by atoms with van der Waals surface area (Å²) in [5.41, 5.74) is 2.73. The third-order valence-electron chi connectivity index (χ3n) is 6.24. The number of nitrogens with zero attached hydrogens (tertiary/aromatic N) is 3. The van der Waals surface area contributed by atoms with Crippen LogP contribution in [0, 0.1) is 10.1 Å². The predicted octanol–water partition coefficient (Wildman–Crippen LogP) is 5.26. The maximum Gasteiger partial charge on any atom is 0.323 e. The van der Waals surface area contributed by atoms with Crippen LogP contribution < -0.4 is 10.6 Å². The number of nitro groups is 1. The van der Waals surface area contributed by atoms with Crippen molar-refractivity contribution in [2.24, 2.45) is 0 Å². The van der Waals surface area contributed by atoms with Crippen molar-refractivity contribution in [2.75, 3.05) is 10.6 Å². The average molecular weight is 491 g/mol. The summed E-state index contributed by atoms with van der Waals surface area (Å²) in [6.45, 7) is 0.322. The summed E-state index contributed by atoms with van der Waals surface area (Å²) in [4.78, 5) is 37.9. The number of fused-ring (bicyclic) bond motifs is 3. The first-order valence-electron chi connectivity index (χ1n) is 11.3. The number of nitrogens with one attached hydrogen (secondary N) is 2. The molecule has 0 fully saturated rings. The van der Waals surface area contributed by atoms with Gasteiger partial charge in [-0.1, -0.05) is 66.7 Å². The Labute approximate surface area is 209 Å². The molecule has 1 aliphatic carbocycles. The summed E-state index contributed by atoms with van der Waals surface area (Å²) in [5, 5.41) is 25.8. The molecule has 10 nitrogen and oxygen atoms in total. The first kappa shape index (κ1) is 22.1. The van der Waals surface area contributed by atoms with Crippen LogP contribution in [0.2, 0.25) is 0 Å². The Balaban J connectivity index is 1.45. The number of rotatable bonds is 6. The van der Waals surface area contributed by atoms with Crippen LogP contribution in [0.25, 0.3) is 11.0 Å². The molecule has 0 saturated carbocycles. The van der Waals surface area contributed by atoms with Crippen LogP contribution >= 0.6 is 0 Å². The van der Waals surface area contributed by atoms with Gasteiger partial charge < -0.3 is 10.6 Å². The van der Waals surface area contributed by atoms with Crippen LogP contribution in [-0.4, -0.2) is 26.8 Å². The van der Waals surface area contributed by atoms with Crippen LogP contribution in [0.4, 0.5) is 22.7 Å². The monoisotopic (exact) mass is 491 g/mol. The third kappa shape index (κ3) is 3.67. The van der Waals surface area contributed by atoms with E-state index in [1.165, 1.54) is 6.07 Å². The number of hydrogen-bond acceptors (Lipinski definition) is 9. The number of carbonyl (C=O) groups excluding carboxylic acids is 2. The van der Waals surface area contributed by atoms with Gasteiger partial charge in [-0.05, 0) is 28.0 Å². The van der Waals surface area contributed by atoms with Crippen molar-refractivity contribution in [3.63, 3.8) is 0 Å². The molecule has 2 N–H and O–H groups in total. The Hall–Kier alpha value is -5.38. The topological polar surface area (TPSA) is 140 Å². The normalized spacial score (nSPS) is 12.2. The van der Waals surface area contributed by atoms with E-state index in [4.69, 9.17) is 4.63 Å². The Morgan fingerprint density at radius 1 is 0.757 bits per heavy atom. The van der Waals surface area contributed by atoms with Gasteiger partial charge in [-0.25, -0.2) is 4.63 Å². The highest BCUT2D eigenvalue weighted by Gasteiger charge is 2.32. The van der Waals surface area contributed by atoms with E-state index in [0.717, 1.165) is 5.56 Å². The largest absolute Gasteiger partial charge is 0.375 e. The van der Waals surface area contributed by atoms with Gasteiger partial charge in [-0.3, -0.25) is 19.7 Å². The molecule has 1 aromatic heterocycles. The second-order valence-corrected chi connectivity index (χ2v) is 8.43. The minimum atomic E-state index is -0.548. The maximum atomic E-state index is 13.4. The minimum Gasteiger partial charge on any atom is -0.375 e. The molecule has 1 heterocycles. The number of carbonyl (C=O) groups is 2. The zero-order valence-electron chi connectivity index (χ0n) is 19.1. The van der Waals surface area contributed by atoms with Gasteiger partial charge in [-0.2, -0.15) is 0 Å². The lowest BCUT2D eigenvalue weighted by atomic mass is 9.83. The van der Waals surface area contributed by atoms with E-state index in [2.05, 4.69) is 20.9 Å². The summed E-state index contributed by atoms with van der Waals surface area (Å²) in [7, 11) is 0. The van der Waals surface area contributed by atoms with Gasteiger partial charge in [-0.15, -0.1) is 0 Å². The molecule has 0 atom stereocenters. The van der Waals surface area contributed by atoms with Crippen LogP contribution in [0.15, 0.2) is 83.5 Å². The molecule has 0 aliphatic heterocycles. The smallest absolute Gasteiger partial charge is 0.323 e. The molecular formula is C27H17N5O5. The lowest BCUT2D eigenvalue weighted by Gasteiger charge is -2.21. The van der Waals surface area contributed by atoms with E-state index in [0.29, 0.717) is 29.0 Å². The Bertz CT molecular complexity index is 1730. The summed E-state index contributed by atoms with van der Waals surface area (Å²) in [5.74, 6) is -0.553. The molecule has 0 unspecified atom stereocenters. The summed E-state index contributed by atoms with van der Waals surface area (Å²) < 4.78 is 4.86. The number of nitro benzene ring substituents is 1. The van der Waals surface area contributed by atoms with Crippen molar-refractivity contribution in [3.8, 4) is 0 Å². The molecule has 0 bridgehead atoms. The molecular weight excluding hydrogens is 474 g/mol. The molecule has 0 saturated heterocycles. The van der Waals surface area contributed by atoms with E-state index >= 15 is 0 Å². The SMILES string of the molecule is O=C1c2ccccc2C(=O)c2c(Nc3cc(NCc4ccccc4)c([N+](=O)[O-])c4nonc34)cccc21. The first-order valence-corrected chi connectivity index (χ1v) is 11.3. The van der Waals surface area contributed by atoms with E-state index in [9.17, 15) is 19.7 Å². The lowest BCUT2D eigenvalue weighted by molar-refractivity contribution is -0.382. The highest BCUT2D eigenvalue weighted by Crippen LogP contribution is 2.40. The number of aromatic nitrogens is 2. The van der Waals surface area contributed by atoms with Crippen molar-refractivity contribution in [2.45, 2.75) is 6.54 Å². The second kappa shape index (κ2) is 8.68. The first-order chi connectivity index (χ1) is 18.0. The molecule has 0 spiro atoms. The van der Waals surface area contributed by atoms with E-state index in [1.807, 2.05) is 30.3 Å². The van der Waals surface area contributed by atoms with Gasteiger partial charge in [0.1, 0.15) is 5.69 Å². The van der Waals surface area contributed by atoms with Gasteiger partial charge in [0, 0.05) is 23.2 Å². The van der Waals surface area contributed by atoms with Gasteiger partial charge in [0.05, 0.1) is 21.9 Å². The minimum absolute atomic E-state index is 0.0527. The fraction of sp³-hybridized carbons (Fsp3) is 0.0370. The number of ketones is 2. The van der Waals surface area contributed by atoms with Gasteiger partial charge in [0.25, 0.3) is 0 Å². The van der Waals surface area contributed by atoms with Crippen molar-refractivity contribution in [3.05, 3.63) is 117 Å². The average Bonchev–Trinajstić information content (AvgIpc) is 3.41. The molecule has 6 rings (SSSR count). The van der Waals surface area contributed by atoms with Crippen LogP contribution in [-0.2, 0) is 6.54 Å². The Morgan fingerprint density at radius 2 is 1.43 bits per heavy atom. The number of benzene rings is 4. The molecule has 5 aromatic rings. The molecule has 10 heteroatoms. The quantitative estimate of drug-likeness (QED) is 0.236. The van der Waals surface area contributed by atoms with E-state index < -0.39 is 4.92 Å². The molecule has 1 aliphatic rings. The van der Waals surface area contributed by atoms with Gasteiger partial charge in [0.2, 0.25) is 5.52 Å². The highest BCUT2D eigenvalue weighted by atomic mass is 16.6. The van der Waals surface area contributed by atoms with Gasteiger partial charge >= 0.3 is 5.69 Å². The molecule has 180 valence electrons. The third-order valence-corrected chi connectivity index (χ3v) is 6.24. The van der Waals surface area contributed by atoms with Crippen LogP contribution in [0.5, 0.6) is 0 Å². The summed E-state index contributed by atoms with van der Waals surface area (Å²) in [6, 6.07) is 22.5. The van der Waals surface area contributed by atoms with Gasteiger partial charge in [0.15, 0.2) is 17.1 Å². The van der Waals surface area contributed by atoms with Crippen LogP contribution in [0.1, 0.15) is 37.4 Å². The number of anilines is 3. The summed E-state index contributed by atoms with van der Waals surface area (Å²) >= 11 is 0. The standard InChI is InChI=1S/C27H17N5O5/c33-26-16-9-4-5-10-17(16)27(34)22-18(26)11-6-12-19(22)29-20-13-21(28-14-15-7-2-1-3-8-15)25(32(35)36)24-23(20)30-37-31-24/h1-13,28-29H,14H2. The van der Waals surface area contributed by atoms with Crippen molar-refractivity contribution < 1.29 is 19.1 Å². The fourth-order valence-electron chi connectivity index (χ4n) is 4.53.